The molecule has 0 aliphatic rings. The van der Waals surface area contributed by atoms with Gasteiger partial charge < -0.3 is 9.99 Å². The summed E-state index contributed by atoms with van der Waals surface area (Å²) in [6.07, 6.45) is 0. The average molecular weight is 76.1 g/mol. The van der Waals surface area contributed by atoms with Crippen molar-refractivity contribution >= 4 is 0 Å². The first-order valence-electron chi connectivity index (χ1n) is 0.964. The Morgan fingerprint density at radius 1 is 1.80 bits per heavy atom. The molecule has 0 rings (SSSR count). The maximum atomic E-state index is 7.69. The summed E-state index contributed by atoms with van der Waals surface area (Å²) in [7, 11) is 0. The summed E-state index contributed by atoms with van der Waals surface area (Å²) < 4.78 is 0. The van der Waals surface area contributed by atoms with Crippen molar-refractivity contribution in [3.05, 3.63) is 12.5 Å². The van der Waals surface area contributed by atoms with Gasteiger partial charge in [-0.05, 0) is 6.58 Å². The quantitative estimate of drug-likeness (QED) is 0.271. The molecule has 0 aromatic carbocycles. The summed E-state index contributed by atoms with van der Waals surface area (Å²) in [5.74, 6) is -0.690. The van der Waals surface area contributed by atoms with Crippen LogP contribution in [0.4, 0.5) is 0 Å². The Hall–Kier alpha value is -0.700. The molecule has 0 heterocycles. The minimum Gasteiger partial charge on any atom is -0.479 e. The Kier molecular flexibility index (Phi) is 1.38. The molecule has 0 aliphatic heterocycles. The van der Waals surface area contributed by atoms with E-state index in [-0.39, 0.29) is 0 Å². The van der Waals surface area contributed by atoms with Crippen molar-refractivity contribution in [1.82, 2.24) is 0 Å². The highest BCUT2D eigenvalue weighted by Gasteiger charge is 1.72. The lowest BCUT2D eigenvalue weighted by atomic mass is 11.1. The minimum absolute atomic E-state index is 0.690. The first-order chi connectivity index (χ1) is 2.27. The van der Waals surface area contributed by atoms with E-state index in [1.54, 1.807) is 0 Å². The molecule has 2 N–H and O–H groups in total. The van der Waals surface area contributed by atoms with Crippen LogP contribution in [0.2, 0.25) is 0 Å². The smallest absolute Gasteiger partial charge is 0.306 e. The standard InChI is InChI=1S/C2H4O3/c1-2(3)5-4/h3-4H,1H2. The Morgan fingerprint density at radius 2 is 2.00 bits per heavy atom. The van der Waals surface area contributed by atoms with E-state index >= 15 is 0 Å². The average Bonchev–Trinajstić information content (AvgIpc) is 1.38. The summed E-state index contributed by atoms with van der Waals surface area (Å²) in [5.41, 5.74) is 0. The Labute approximate surface area is 29.0 Å². The molecule has 0 saturated heterocycles. The molecule has 0 spiro atoms. The Balaban J connectivity index is 2.85. The summed E-state index contributed by atoms with van der Waals surface area (Å²) in [5, 5.41) is 15.0. The van der Waals surface area contributed by atoms with Crippen LogP contribution in [0.15, 0.2) is 12.5 Å². The molecule has 0 unspecified atom stereocenters. The number of aliphatic hydroxyl groups is 1. The van der Waals surface area contributed by atoms with Crippen LogP contribution in [0.3, 0.4) is 0 Å². The molecule has 3 nitrogen and oxygen atoms in total. The van der Waals surface area contributed by atoms with Gasteiger partial charge in [0.15, 0.2) is 0 Å². The fourth-order valence-electron chi connectivity index (χ4n) is 0. The third kappa shape index (κ3) is 3.30. The van der Waals surface area contributed by atoms with E-state index < -0.39 is 5.95 Å². The monoisotopic (exact) mass is 76.0 g/mol. The third-order valence-corrected chi connectivity index (χ3v) is 0.105. The van der Waals surface area contributed by atoms with Gasteiger partial charge in [-0.2, -0.15) is 5.26 Å². The van der Waals surface area contributed by atoms with Crippen LogP contribution < -0.4 is 0 Å². The normalized spacial score (nSPS) is 6.60. The largest absolute Gasteiger partial charge is 0.479 e. The zero-order valence-corrected chi connectivity index (χ0v) is 2.51. The van der Waals surface area contributed by atoms with E-state index in [1.165, 1.54) is 0 Å². The number of hydrogen-bond acceptors (Lipinski definition) is 3. The first kappa shape index (κ1) is 4.30. The van der Waals surface area contributed by atoms with Crippen molar-refractivity contribution in [2.75, 3.05) is 0 Å². The maximum absolute atomic E-state index is 7.69. The van der Waals surface area contributed by atoms with Crippen LogP contribution in [-0.4, -0.2) is 10.4 Å². The molecule has 5 heavy (non-hydrogen) atoms. The Morgan fingerprint density at radius 3 is 2.00 bits per heavy atom. The second-order valence-corrected chi connectivity index (χ2v) is 0.485. The van der Waals surface area contributed by atoms with Crippen molar-refractivity contribution in [2.24, 2.45) is 0 Å². The SMILES string of the molecule is C=C(O)OO. The molecule has 0 aliphatic carbocycles. The molecule has 0 fully saturated rings. The lowest BCUT2D eigenvalue weighted by molar-refractivity contribution is -0.234. The van der Waals surface area contributed by atoms with Crippen molar-refractivity contribution in [1.29, 1.82) is 0 Å². The van der Waals surface area contributed by atoms with Crippen LogP contribution in [0, 0.1) is 0 Å². The molecule has 0 amide bonds. The summed E-state index contributed by atoms with van der Waals surface area (Å²) >= 11 is 0. The highest BCUT2D eigenvalue weighted by atomic mass is 17.1. The number of hydrogen-bond donors (Lipinski definition) is 2. The van der Waals surface area contributed by atoms with E-state index in [0.717, 1.165) is 0 Å². The van der Waals surface area contributed by atoms with Gasteiger partial charge >= 0.3 is 5.95 Å². The highest BCUT2D eigenvalue weighted by Crippen LogP contribution is 1.73. The van der Waals surface area contributed by atoms with Gasteiger partial charge in [0.1, 0.15) is 0 Å². The molecular weight excluding hydrogens is 72.0 g/mol. The molecule has 0 atom stereocenters. The lowest BCUT2D eigenvalue weighted by Crippen LogP contribution is -1.76. The highest BCUT2D eigenvalue weighted by molar-refractivity contribution is 4.57. The van der Waals surface area contributed by atoms with Crippen LogP contribution in [0.5, 0.6) is 0 Å². The predicted molar refractivity (Wildman–Crippen MR) is 15.5 cm³/mol. The van der Waals surface area contributed by atoms with Crippen LogP contribution in [0.25, 0.3) is 0 Å². The lowest BCUT2D eigenvalue weighted by Gasteiger charge is -1.82. The molecule has 30 valence electrons. The summed E-state index contributed by atoms with van der Waals surface area (Å²) in [6, 6.07) is 0. The maximum Gasteiger partial charge on any atom is 0.306 e. The van der Waals surface area contributed by atoms with E-state index in [4.69, 9.17) is 10.4 Å². The van der Waals surface area contributed by atoms with Crippen molar-refractivity contribution in [3.8, 4) is 0 Å². The second kappa shape index (κ2) is 1.60. The van der Waals surface area contributed by atoms with Gasteiger partial charge in [-0.3, -0.25) is 0 Å². The molecule has 0 radical (unpaired) electrons. The zero-order chi connectivity index (χ0) is 4.28. The van der Waals surface area contributed by atoms with E-state index in [0.29, 0.717) is 0 Å². The first-order valence-corrected chi connectivity index (χ1v) is 0.964. The fraction of sp³-hybridized carbons (Fsp3) is 0. The van der Waals surface area contributed by atoms with Gasteiger partial charge in [0, 0.05) is 0 Å². The number of aliphatic hydroxyl groups excluding tert-OH is 1. The van der Waals surface area contributed by atoms with Gasteiger partial charge in [0.25, 0.3) is 0 Å². The molecule has 0 saturated carbocycles. The fourth-order valence-corrected chi connectivity index (χ4v) is 0. The second-order valence-electron chi connectivity index (χ2n) is 0.485. The Bertz CT molecular complexity index is 40.2. The predicted octanol–water partition coefficient (Wildman–Crippen LogP) is 0.505. The van der Waals surface area contributed by atoms with E-state index in [1.807, 2.05) is 0 Å². The molecule has 0 bridgehead atoms. The molecule has 0 aromatic rings. The van der Waals surface area contributed by atoms with E-state index in [9.17, 15) is 0 Å². The van der Waals surface area contributed by atoms with Gasteiger partial charge in [0.2, 0.25) is 0 Å². The van der Waals surface area contributed by atoms with Gasteiger partial charge in [-0.25, -0.2) is 0 Å². The van der Waals surface area contributed by atoms with Gasteiger partial charge in [-0.1, -0.05) is 0 Å². The molecular formula is C2H4O3. The summed E-state index contributed by atoms with van der Waals surface area (Å²) in [4.78, 5) is 3.11. The van der Waals surface area contributed by atoms with Crippen molar-refractivity contribution < 1.29 is 15.3 Å². The van der Waals surface area contributed by atoms with Crippen molar-refractivity contribution in [2.45, 2.75) is 0 Å². The van der Waals surface area contributed by atoms with Crippen molar-refractivity contribution in [3.63, 3.8) is 0 Å². The van der Waals surface area contributed by atoms with E-state index in [2.05, 4.69) is 11.5 Å². The van der Waals surface area contributed by atoms with Crippen LogP contribution in [-0.2, 0) is 4.89 Å². The van der Waals surface area contributed by atoms with Crippen LogP contribution in [0.1, 0.15) is 0 Å². The van der Waals surface area contributed by atoms with Gasteiger partial charge in [-0.15, -0.1) is 0 Å². The summed E-state index contributed by atoms with van der Waals surface area (Å²) in [6.45, 7) is 2.76. The van der Waals surface area contributed by atoms with Gasteiger partial charge in [0.05, 0.1) is 0 Å². The molecule has 3 heteroatoms. The molecule has 0 aromatic heterocycles. The minimum atomic E-state index is -0.690. The third-order valence-electron chi connectivity index (χ3n) is 0.105. The topological polar surface area (TPSA) is 49.7 Å². The number of rotatable bonds is 1. The zero-order valence-electron chi connectivity index (χ0n) is 2.51. The van der Waals surface area contributed by atoms with Crippen LogP contribution >= 0.6 is 0 Å².